The van der Waals surface area contributed by atoms with Gasteiger partial charge in [0.25, 0.3) is 0 Å². The van der Waals surface area contributed by atoms with Crippen LogP contribution < -0.4 is 0 Å². The lowest BCUT2D eigenvalue weighted by atomic mass is 10.0. The fraction of sp³-hybridized carbons (Fsp3) is 0.370. The second-order valence-electron chi connectivity index (χ2n) is 8.65. The minimum Gasteiger partial charge on any atom is -0.481 e. The smallest absolute Gasteiger partial charge is 0.303 e. The number of thioether (sulfide) groups is 1. The molecular weight excluding hydrogens is 480 g/mol. The summed E-state index contributed by atoms with van der Waals surface area (Å²) in [5.41, 5.74) is 3.08. The number of para-hydroxylation sites is 1. The number of carboxylic acids is 1. The summed E-state index contributed by atoms with van der Waals surface area (Å²) < 4.78 is 1.16. The van der Waals surface area contributed by atoms with Crippen molar-refractivity contribution in [3.05, 3.63) is 66.2 Å². The lowest BCUT2D eigenvalue weighted by Gasteiger charge is -2.22. The molecule has 2 aromatic carbocycles. The van der Waals surface area contributed by atoms with Gasteiger partial charge in [0.1, 0.15) is 5.01 Å². The fourth-order valence-corrected chi connectivity index (χ4v) is 6.07. The number of hydrogen-bond acceptors (Lipinski definition) is 6. The predicted molar refractivity (Wildman–Crippen MR) is 143 cm³/mol. The van der Waals surface area contributed by atoms with Gasteiger partial charge in [-0.2, -0.15) is 11.8 Å². The highest BCUT2D eigenvalue weighted by atomic mass is 32.2. The highest BCUT2D eigenvalue weighted by Gasteiger charge is 2.28. The molecule has 1 aliphatic rings. The third-order valence-electron chi connectivity index (χ3n) is 6.00. The third kappa shape index (κ3) is 7.16. The van der Waals surface area contributed by atoms with E-state index < -0.39 is 12.1 Å². The van der Waals surface area contributed by atoms with Crippen molar-refractivity contribution in [3.63, 3.8) is 0 Å². The van der Waals surface area contributed by atoms with E-state index in [1.165, 1.54) is 0 Å². The van der Waals surface area contributed by atoms with Gasteiger partial charge in [0.2, 0.25) is 5.91 Å². The lowest BCUT2D eigenvalue weighted by Crippen LogP contribution is -2.34. The second-order valence-corrected chi connectivity index (χ2v) is 10.9. The molecule has 0 aliphatic carbocycles. The number of likely N-dealkylation sites (tertiary alicyclic amines) is 1. The number of thiazole rings is 1. The second kappa shape index (κ2) is 12.3. The largest absolute Gasteiger partial charge is 0.481 e. The lowest BCUT2D eigenvalue weighted by molar-refractivity contribution is -0.137. The number of fused-ring (bicyclic) bond motifs is 1. The maximum Gasteiger partial charge on any atom is 0.303 e. The zero-order valence-corrected chi connectivity index (χ0v) is 21.1. The van der Waals surface area contributed by atoms with Crippen LogP contribution in [0.1, 0.15) is 31.2 Å². The topological polar surface area (TPSA) is 90.7 Å². The first-order valence-corrected chi connectivity index (χ1v) is 13.9. The van der Waals surface area contributed by atoms with Crippen LogP contribution in [0, 0.1) is 0 Å². The average molecular weight is 511 g/mol. The van der Waals surface area contributed by atoms with Crippen molar-refractivity contribution in [3.8, 4) is 10.6 Å². The Morgan fingerprint density at radius 2 is 2.09 bits per heavy atom. The van der Waals surface area contributed by atoms with E-state index in [1.54, 1.807) is 29.2 Å². The number of aliphatic hydroxyl groups is 1. The van der Waals surface area contributed by atoms with E-state index in [4.69, 9.17) is 10.1 Å². The summed E-state index contributed by atoms with van der Waals surface area (Å²) in [6.45, 7) is 0.645. The van der Waals surface area contributed by atoms with Crippen molar-refractivity contribution in [1.29, 1.82) is 0 Å². The summed E-state index contributed by atoms with van der Waals surface area (Å²) in [4.78, 5) is 29.5. The number of aliphatic carboxylic acids is 1. The summed E-state index contributed by atoms with van der Waals surface area (Å²) in [7, 11) is 0. The van der Waals surface area contributed by atoms with Gasteiger partial charge in [-0.3, -0.25) is 9.59 Å². The molecule has 0 unspecified atom stereocenters. The van der Waals surface area contributed by atoms with Crippen molar-refractivity contribution in [2.45, 2.75) is 44.2 Å². The molecule has 4 rings (SSSR count). The molecule has 0 spiro atoms. The number of amides is 1. The quantitative estimate of drug-likeness (QED) is 0.263. The highest BCUT2D eigenvalue weighted by Crippen LogP contribution is 2.30. The molecule has 2 heterocycles. The molecular formula is C27H30N2O4S2. The normalized spacial score (nSPS) is 17.0. The molecule has 1 amide bonds. The summed E-state index contributed by atoms with van der Waals surface area (Å²) in [5, 5.41) is 20.3. The van der Waals surface area contributed by atoms with Crippen molar-refractivity contribution < 1.29 is 19.8 Å². The summed E-state index contributed by atoms with van der Waals surface area (Å²) >= 11 is 3.34. The van der Waals surface area contributed by atoms with Gasteiger partial charge in [-0.1, -0.05) is 42.5 Å². The summed E-state index contributed by atoms with van der Waals surface area (Å²) in [5.74, 6) is 0.942. The molecule has 0 saturated carbocycles. The molecule has 2 N–H and O–H groups in total. The Kier molecular flexibility index (Phi) is 8.95. The van der Waals surface area contributed by atoms with Crippen LogP contribution >= 0.6 is 23.1 Å². The number of carboxylic acid groups (broad SMARTS) is 1. The van der Waals surface area contributed by atoms with E-state index in [9.17, 15) is 14.7 Å². The fourth-order valence-electron chi connectivity index (χ4n) is 4.23. The SMILES string of the molecule is O=C(O)CCCSCCN1C(=O)CC[C@@H]1C=C[C@@H](O)Cc1cccc(-c2nc3ccccc3s2)c1. The number of hydrogen-bond donors (Lipinski definition) is 2. The van der Waals surface area contributed by atoms with Crippen LogP contribution in [-0.4, -0.2) is 62.2 Å². The van der Waals surface area contributed by atoms with Gasteiger partial charge in [-0.05, 0) is 42.4 Å². The summed E-state index contributed by atoms with van der Waals surface area (Å²) in [6.07, 6.45) is 5.74. The third-order valence-corrected chi connectivity index (χ3v) is 8.13. The number of aliphatic hydroxyl groups excluding tert-OH is 1. The molecule has 3 aromatic rings. The predicted octanol–water partition coefficient (Wildman–Crippen LogP) is 5.01. The minimum atomic E-state index is -0.771. The summed E-state index contributed by atoms with van der Waals surface area (Å²) in [6, 6.07) is 16.3. The zero-order valence-electron chi connectivity index (χ0n) is 19.5. The zero-order chi connectivity index (χ0) is 24.6. The maximum atomic E-state index is 12.3. The molecule has 1 fully saturated rings. The Morgan fingerprint density at radius 1 is 1.23 bits per heavy atom. The van der Waals surface area contributed by atoms with Crippen LogP contribution in [0.4, 0.5) is 0 Å². The van der Waals surface area contributed by atoms with Gasteiger partial charge in [0.15, 0.2) is 0 Å². The first kappa shape index (κ1) is 25.4. The highest BCUT2D eigenvalue weighted by molar-refractivity contribution is 7.99. The first-order chi connectivity index (χ1) is 17.0. The Hall–Kier alpha value is -2.68. The van der Waals surface area contributed by atoms with Crippen molar-refractivity contribution >= 4 is 45.2 Å². The number of rotatable bonds is 12. The van der Waals surface area contributed by atoms with Crippen LogP contribution in [0.3, 0.4) is 0 Å². The average Bonchev–Trinajstić information content (AvgIpc) is 3.43. The molecule has 184 valence electrons. The van der Waals surface area contributed by atoms with Gasteiger partial charge in [-0.15, -0.1) is 11.3 Å². The van der Waals surface area contributed by atoms with Crippen molar-refractivity contribution in [2.75, 3.05) is 18.1 Å². The van der Waals surface area contributed by atoms with Gasteiger partial charge in [0.05, 0.1) is 22.4 Å². The Morgan fingerprint density at radius 3 is 2.91 bits per heavy atom. The van der Waals surface area contributed by atoms with E-state index in [1.807, 2.05) is 47.4 Å². The molecule has 0 bridgehead atoms. The van der Waals surface area contributed by atoms with Crippen LogP contribution in [0.15, 0.2) is 60.7 Å². The van der Waals surface area contributed by atoms with E-state index in [2.05, 4.69) is 12.1 Å². The molecule has 1 saturated heterocycles. The van der Waals surface area contributed by atoms with Crippen LogP contribution in [0.2, 0.25) is 0 Å². The Balaban J connectivity index is 1.30. The van der Waals surface area contributed by atoms with Crippen LogP contribution in [0.25, 0.3) is 20.8 Å². The van der Waals surface area contributed by atoms with Crippen molar-refractivity contribution in [2.24, 2.45) is 0 Å². The monoisotopic (exact) mass is 510 g/mol. The number of nitrogens with zero attached hydrogens (tertiary/aromatic N) is 2. The van der Waals surface area contributed by atoms with Gasteiger partial charge in [0, 0.05) is 37.1 Å². The van der Waals surface area contributed by atoms with Gasteiger partial charge in [-0.25, -0.2) is 4.98 Å². The Labute approximate surface area is 213 Å². The van der Waals surface area contributed by atoms with Crippen LogP contribution in [-0.2, 0) is 16.0 Å². The van der Waals surface area contributed by atoms with Gasteiger partial charge >= 0.3 is 5.97 Å². The van der Waals surface area contributed by atoms with Crippen LogP contribution in [0.5, 0.6) is 0 Å². The number of carbonyl (C=O) groups excluding carboxylic acids is 1. The molecule has 8 heteroatoms. The number of aromatic nitrogens is 1. The first-order valence-electron chi connectivity index (χ1n) is 11.9. The van der Waals surface area contributed by atoms with E-state index in [0.717, 1.165) is 44.3 Å². The molecule has 35 heavy (non-hydrogen) atoms. The number of benzene rings is 2. The molecule has 1 aliphatic heterocycles. The molecule has 6 nitrogen and oxygen atoms in total. The van der Waals surface area contributed by atoms with Gasteiger partial charge < -0.3 is 15.1 Å². The molecule has 1 aromatic heterocycles. The number of carbonyl (C=O) groups is 2. The minimum absolute atomic E-state index is 0.00542. The van der Waals surface area contributed by atoms with E-state index in [0.29, 0.717) is 25.8 Å². The van der Waals surface area contributed by atoms with E-state index >= 15 is 0 Å². The molecule has 2 atom stereocenters. The standard InChI is InChI=1S/C27H30N2O4S2/c30-22(12-10-21-11-13-25(31)29(21)14-16-34-15-4-9-26(32)33)18-19-5-3-6-20(17-19)27-28-23-7-1-2-8-24(23)35-27/h1-3,5-8,10,12,17,21-22,30H,4,9,11,13-16,18H2,(H,32,33)/t21-,22+/m0/s1. The maximum absolute atomic E-state index is 12.3. The van der Waals surface area contributed by atoms with Crippen molar-refractivity contribution in [1.82, 2.24) is 9.88 Å². The van der Waals surface area contributed by atoms with E-state index in [-0.39, 0.29) is 18.4 Å². The molecule has 0 radical (unpaired) electrons. The Bertz CT molecular complexity index is 1160.